The Hall–Kier alpha value is -4.01. The van der Waals surface area contributed by atoms with Crippen molar-refractivity contribution in [3.05, 3.63) is 60.2 Å². The van der Waals surface area contributed by atoms with Gasteiger partial charge in [-0.15, -0.1) is 5.10 Å². The molecule has 164 valence electrons. The lowest BCUT2D eigenvalue weighted by Crippen LogP contribution is -2.23. The summed E-state index contributed by atoms with van der Waals surface area (Å²) < 4.78 is 6.61. The maximum absolute atomic E-state index is 12.5. The van der Waals surface area contributed by atoms with Gasteiger partial charge in [-0.3, -0.25) is 14.9 Å². The number of ether oxygens (including phenoxy) is 1. The predicted octanol–water partition coefficient (Wildman–Crippen LogP) is 3.42. The van der Waals surface area contributed by atoms with Gasteiger partial charge in [0.25, 0.3) is 5.91 Å². The second-order valence-electron chi connectivity index (χ2n) is 7.39. The predicted molar refractivity (Wildman–Crippen MR) is 118 cm³/mol. The summed E-state index contributed by atoms with van der Waals surface area (Å²) in [6.07, 6.45) is 1.66. The van der Waals surface area contributed by atoms with Crippen molar-refractivity contribution in [3.8, 4) is 11.4 Å². The van der Waals surface area contributed by atoms with E-state index in [1.165, 1.54) is 4.68 Å². The fourth-order valence-corrected chi connectivity index (χ4v) is 3.29. The number of unbranched alkanes of at least 4 members (excludes halogenated alkanes) is 1. The van der Waals surface area contributed by atoms with Crippen LogP contribution in [0.1, 0.15) is 42.6 Å². The first-order valence-electron chi connectivity index (χ1n) is 10.4. The van der Waals surface area contributed by atoms with Crippen LogP contribution in [-0.4, -0.2) is 39.2 Å². The monoisotopic (exact) mass is 433 g/mol. The molecule has 1 aromatic heterocycles. The third-order valence-electron chi connectivity index (χ3n) is 5.01. The highest BCUT2D eigenvalue weighted by atomic mass is 16.5. The zero-order chi connectivity index (χ0) is 22.5. The van der Waals surface area contributed by atoms with E-state index in [4.69, 9.17) is 4.74 Å². The van der Waals surface area contributed by atoms with Gasteiger partial charge >= 0.3 is 5.97 Å². The van der Waals surface area contributed by atoms with Crippen LogP contribution in [0, 0.1) is 0 Å². The fraction of sp³-hybridized carbons (Fsp3) is 0.261. The molecule has 0 unspecified atom stereocenters. The van der Waals surface area contributed by atoms with E-state index in [1.54, 1.807) is 24.3 Å². The lowest BCUT2D eigenvalue weighted by atomic mass is 10.1. The summed E-state index contributed by atoms with van der Waals surface area (Å²) in [4.78, 5) is 41.2. The van der Waals surface area contributed by atoms with Crippen molar-refractivity contribution in [2.45, 2.75) is 32.2 Å². The van der Waals surface area contributed by atoms with Crippen molar-refractivity contribution in [1.82, 2.24) is 14.8 Å². The molecule has 0 aliphatic carbocycles. The minimum atomic E-state index is -0.789. The van der Waals surface area contributed by atoms with Gasteiger partial charge in [0.05, 0.1) is 18.6 Å². The van der Waals surface area contributed by atoms with Crippen LogP contribution in [0.4, 0.5) is 11.6 Å². The minimum absolute atomic E-state index is 0.1000. The van der Waals surface area contributed by atoms with E-state index in [1.807, 2.05) is 37.3 Å². The Morgan fingerprint density at radius 2 is 1.88 bits per heavy atom. The summed E-state index contributed by atoms with van der Waals surface area (Å²) >= 11 is 0. The lowest BCUT2D eigenvalue weighted by molar-refractivity contribution is -0.123. The SMILES string of the molecule is CCCCOC(=O)c1ccc(NC(=O)C[C@H]2C(=O)Nc3nc(-c4ccccc4)nn32)cc1. The molecule has 9 heteroatoms. The number of carbonyl (C=O) groups is 3. The van der Waals surface area contributed by atoms with Crippen LogP contribution < -0.4 is 10.6 Å². The number of aromatic nitrogens is 3. The van der Waals surface area contributed by atoms with E-state index in [0.717, 1.165) is 18.4 Å². The molecule has 0 spiro atoms. The summed E-state index contributed by atoms with van der Waals surface area (Å²) in [6.45, 7) is 2.40. The maximum atomic E-state index is 12.5. The molecule has 0 saturated heterocycles. The number of carbonyl (C=O) groups excluding carboxylic acids is 3. The van der Waals surface area contributed by atoms with Crippen LogP contribution in [0.25, 0.3) is 11.4 Å². The Labute approximate surface area is 184 Å². The number of hydrogen-bond acceptors (Lipinski definition) is 6. The molecular weight excluding hydrogens is 410 g/mol. The second-order valence-corrected chi connectivity index (χ2v) is 7.39. The summed E-state index contributed by atoms with van der Waals surface area (Å²) in [7, 11) is 0. The Balaban J connectivity index is 1.38. The molecular formula is C23H23N5O4. The minimum Gasteiger partial charge on any atom is -0.462 e. The zero-order valence-corrected chi connectivity index (χ0v) is 17.6. The van der Waals surface area contributed by atoms with Crippen molar-refractivity contribution < 1.29 is 19.1 Å². The van der Waals surface area contributed by atoms with Crippen molar-refractivity contribution in [3.63, 3.8) is 0 Å². The molecule has 0 bridgehead atoms. The Morgan fingerprint density at radius 1 is 1.12 bits per heavy atom. The van der Waals surface area contributed by atoms with Gasteiger partial charge in [-0.05, 0) is 30.7 Å². The molecule has 0 radical (unpaired) electrons. The van der Waals surface area contributed by atoms with Crippen LogP contribution in [-0.2, 0) is 14.3 Å². The van der Waals surface area contributed by atoms with Gasteiger partial charge in [-0.1, -0.05) is 43.7 Å². The molecule has 0 saturated carbocycles. The molecule has 2 N–H and O–H groups in total. The number of nitrogens with one attached hydrogen (secondary N) is 2. The highest BCUT2D eigenvalue weighted by Crippen LogP contribution is 2.28. The van der Waals surface area contributed by atoms with Crippen molar-refractivity contribution >= 4 is 29.4 Å². The van der Waals surface area contributed by atoms with Gasteiger partial charge in [0.15, 0.2) is 5.82 Å². The van der Waals surface area contributed by atoms with E-state index in [2.05, 4.69) is 20.7 Å². The first kappa shape index (κ1) is 21.2. The Morgan fingerprint density at radius 3 is 2.59 bits per heavy atom. The summed E-state index contributed by atoms with van der Waals surface area (Å²) in [5.41, 5.74) is 1.75. The van der Waals surface area contributed by atoms with Gasteiger partial charge < -0.3 is 10.1 Å². The average molecular weight is 433 g/mol. The maximum Gasteiger partial charge on any atom is 0.338 e. The summed E-state index contributed by atoms with van der Waals surface area (Å²) in [5, 5.41) is 9.82. The number of nitrogens with zero attached hydrogens (tertiary/aromatic N) is 3. The Kier molecular flexibility index (Phi) is 6.25. The number of amides is 2. The highest BCUT2D eigenvalue weighted by Gasteiger charge is 2.35. The quantitative estimate of drug-likeness (QED) is 0.415. The summed E-state index contributed by atoms with van der Waals surface area (Å²) in [6, 6.07) is 15.0. The van der Waals surface area contributed by atoms with Crippen molar-refractivity contribution in [1.29, 1.82) is 0 Å². The van der Waals surface area contributed by atoms with Gasteiger partial charge in [-0.2, -0.15) is 4.98 Å². The number of esters is 1. The van der Waals surface area contributed by atoms with Gasteiger partial charge in [0.2, 0.25) is 11.9 Å². The highest BCUT2D eigenvalue weighted by molar-refractivity contribution is 6.01. The molecule has 1 aliphatic rings. The van der Waals surface area contributed by atoms with Crippen molar-refractivity contribution in [2.75, 3.05) is 17.2 Å². The largest absolute Gasteiger partial charge is 0.462 e. The molecule has 2 aromatic carbocycles. The number of fused-ring (bicyclic) bond motifs is 1. The van der Waals surface area contributed by atoms with Crippen LogP contribution in [0.2, 0.25) is 0 Å². The van der Waals surface area contributed by atoms with Crippen LogP contribution in [0.3, 0.4) is 0 Å². The summed E-state index contributed by atoms with van der Waals surface area (Å²) in [5.74, 6) is -0.287. The number of anilines is 2. The van der Waals surface area contributed by atoms with E-state index < -0.39 is 12.0 Å². The molecule has 1 atom stereocenters. The molecule has 4 rings (SSSR count). The lowest BCUT2D eigenvalue weighted by Gasteiger charge is -2.10. The van der Waals surface area contributed by atoms with E-state index in [-0.39, 0.29) is 18.2 Å². The number of rotatable bonds is 8. The second kappa shape index (κ2) is 9.42. The topological polar surface area (TPSA) is 115 Å². The standard InChI is InChI=1S/C23H23N5O4/c1-2-3-13-32-22(31)16-9-11-17(12-10-16)24-19(29)14-18-21(30)26-23-25-20(27-28(18)23)15-7-5-4-6-8-15/h4-12,18H,2-3,13-14H2,1H3,(H,24,29)(H,25,26,27,30)/t18-/m0/s1. The smallest absolute Gasteiger partial charge is 0.338 e. The third-order valence-corrected chi connectivity index (χ3v) is 5.01. The first-order chi connectivity index (χ1) is 15.5. The molecule has 1 aliphatic heterocycles. The van der Waals surface area contributed by atoms with Gasteiger partial charge in [0, 0.05) is 11.3 Å². The van der Waals surface area contributed by atoms with E-state index in [9.17, 15) is 14.4 Å². The van der Waals surface area contributed by atoms with E-state index >= 15 is 0 Å². The molecule has 9 nitrogen and oxygen atoms in total. The fourth-order valence-electron chi connectivity index (χ4n) is 3.29. The zero-order valence-electron chi connectivity index (χ0n) is 17.6. The average Bonchev–Trinajstić information content (AvgIpc) is 3.33. The normalized spacial score (nSPS) is 14.5. The number of benzene rings is 2. The molecule has 3 aromatic rings. The third kappa shape index (κ3) is 4.66. The van der Waals surface area contributed by atoms with Crippen LogP contribution in [0.5, 0.6) is 0 Å². The van der Waals surface area contributed by atoms with Crippen LogP contribution >= 0.6 is 0 Å². The van der Waals surface area contributed by atoms with Gasteiger partial charge in [0.1, 0.15) is 6.04 Å². The van der Waals surface area contributed by atoms with E-state index in [0.29, 0.717) is 29.6 Å². The molecule has 2 heterocycles. The number of hydrogen-bond donors (Lipinski definition) is 2. The molecule has 0 fully saturated rings. The van der Waals surface area contributed by atoms with Crippen molar-refractivity contribution in [2.24, 2.45) is 0 Å². The van der Waals surface area contributed by atoms with Gasteiger partial charge in [-0.25, -0.2) is 9.48 Å². The molecule has 2 amide bonds. The Bertz CT molecular complexity index is 1130. The molecule has 32 heavy (non-hydrogen) atoms. The first-order valence-corrected chi connectivity index (χ1v) is 10.4. The van der Waals surface area contributed by atoms with Crippen LogP contribution in [0.15, 0.2) is 54.6 Å².